The van der Waals surface area contributed by atoms with E-state index in [1.165, 1.54) is 0 Å². The second-order valence-corrected chi connectivity index (χ2v) is 3.79. The molecule has 0 aliphatic heterocycles. The summed E-state index contributed by atoms with van der Waals surface area (Å²) in [5.74, 6) is -0.993. The van der Waals surface area contributed by atoms with Gasteiger partial charge >= 0.3 is 5.97 Å². The van der Waals surface area contributed by atoms with E-state index >= 15 is 0 Å². The lowest BCUT2D eigenvalue weighted by molar-refractivity contribution is -0.146. The molecule has 1 amide bonds. The summed E-state index contributed by atoms with van der Waals surface area (Å²) in [4.78, 5) is 21.8. The number of rotatable bonds is 6. The number of amides is 1. The molecule has 15 heavy (non-hydrogen) atoms. The van der Waals surface area contributed by atoms with E-state index < -0.39 is 5.97 Å². The Kier molecular flexibility index (Phi) is 4.55. The maximum atomic E-state index is 11.1. The Morgan fingerprint density at radius 3 is 2.60 bits per heavy atom. The number of carboxylic acid groups (broad SMARTS) is 1. The zero-order chi connectivity index (χ0) is 11.3. The maximum Gasteiger partial charge on any atom is 0.308 e. The summed E-state index contributed by atoms with van der Waals surface area (Å²) >= 11 is 0. The molecule has 0 radical (unpaired) electrons. The van der Waals surface area contributed by atoms with Crippen molar-refractivity contribution in [3.8, 4) is 0 Å². The number of nitrogens with one attached hydrogen (secondary N) is 2. The normalized spacial score (nSPS) is 24.3. The highest BCUT2D eigenvalue weighted by molar-refractivity contribution is 5.76. The smallest absolute Gasteiger partial charge is 0.308 e. The van der Waals surface area contributed by atoms with Gasteiger partial charge in [0.25, 0.3) is 0 Å². The first kappa shape index (κ1) is 12.0. The Morgan fingerprint density at radius 1 is 1.40 bits per heavy atom. The number of hydrogen-bond donors (Lipinski definition) is 3. The molecule has 0 spiro atoms. The van der Waals surface area contributed by atoms with Crippen molar-refractivity contribution in [2.45, 2.75) is 32.2 Å². The number of carbonyl (C=O) groups excluding carboxylic acids is 1. The van der Waals surface area contributed by atoms with Crippen molar-refractivity contribution in [1.82, 2.24) is 10.6 Å². The largest absolute Gasteiger partial charge is 0.481 e. The molecule has 0 bridgehead atoms. The Bertz CT molecular complexity index is 243. The lowest BCUT2D eigenvalue weighted by Gasteiger charge is -2.34. The lowest BCUT2D eigenvalue weighted by atomic mass is 9.79. The number of carbonyl (C=O) groups is 2. The molecule has 2 unspecified atom stereocenters. The summed E-state index contributed by atoms with van der Waals surface area (Å²) < 4.78 is 0. The molecule has 1 aliphatic carbocycles. The van der Waals surface area contributed by atoms with Crippen molar-refractivity contribution in [1.29, 1.82) is 0 Å². The van der Waals surface area contributed by atoms with Crippen LogP contribution in [-0.2, 0) is 9.59 Å². The van der Waals surface area contributed by atoms with Crippen LogP contribution in [0, 0.1) is 5.92 Å². The van der Waals surface area contributed by atoms with Crippen molar-refractivity contribution < 1.29 is 14.7 Å². The highest BCUT2D eigenvalue weighted by atomic mass is 16.4. The van der Waals surface area contributed by atoms with Crippen molar-refractivity contribution in [3.63, 3.8) is 0 Å². The summed E-state index contributed by atoms with van der Waals surface area (Å²) in [7, 11) is 0. The van der Waals surface area contributed by atoms with Gasteiger partial charge in [-0.05, 0) is 19.8 Å². The quantitative estimate of drug-likeness (QED) is 0.580. The SMILES string of the molecule is CCNC(=O)CCNC1CCC1C(=O)O. The highest BCUT2D eigenvalue weighted by Crippen LogP contribution is 2.27. The van der Waals surface area contributed by atoms with Crippen molar-refractivity contribution in [2.75, 3.05) is 13.1 Å². The summed E-state index contributed by atoms with van der Waals surface area (Å²) in [6, 6.07) is 0.0527. The Hall–Kier alpha value is -1.10. The third-order valence-corrected chi connectivity index (χ3v) is 2.72. The lowest BCUT2D eigenvalue weighted by Crippen LogP contribution is -2.48. The number of hydrogen-bond acceptors (Lipinski definition) is 3. The van der Waals surface area contributed by atoms with Gasteiger partial charge in [-0.15, -0.1) is 0 Å². The molecule has 1 fully saturated rings. The molecule has 0 aromatic heterocycles. The average Bonchev–Trinajstić information content (AvgIpc) is 2.09. The third-order valence-electron chi connectivity index (χ3n) is 2.72. The molecule has 1 aliphatic rings. The molecule has 0 aromatic carbocycles. The predicted molar refractivity (Wildman–Crippen MR) is 55.5 cm³/mol. The highest BCUT2D eigenvalue weighted by Gasteiger charge is 2.35. The van der Waals surface area contributed by atoms with E-state index in [0.29, 0.717) is 19.5 Å². The van der Waals surface area contributed by atoms with E-state index in [1.807, 2.05) is 6.92 Å². The van der Waals surface area contributed by atoms with E-state index in [-0.39, 0.29) is 17.9 Å². The van der Waals surface area contributed by atoms with Gasteiger partial charge in [-0.2, -0.15) is 0 Å². The van der Waals surface area contributed by atoms with E-state index in [2.05, 4.69) is 10.6 Å². The first-order chi connectivity index (χ1) is 7.15. The van der Waals surface area contributed by atoms with Gasteiger partial charge in [0, 0.05) is 25.6 Å². The van der Waals surface area contributed by atoms with E-state index in [1.54, 1.807) is 0 Å². The first-order valence-corrected chi connectivity index (χ1v) is 5.38. The van der Waals surface area contributed by atoms with Crippen LogP contribution in [0.4, 0.5) is 0 Å². The van der Waals surface area contributed by atoms with E-state index in [0.717, 1.165) is 12.8 Å². The summed E-state index contributed by atoms with van der Waals surface area (Å²) in [6.07, 6.45) is 2.05. The minimum atomic E-state index is -0.739. The van der Waals surface area contributed by atoms with Crippen LogP contribution in [0.2, 0.25) is 0 Å². The van der Waals surface area contributed by atoms with E-state index in [9.17, 15) is 9.59 Å². The van der Waals surface area contributed by atoms with Gasteiger partial charge in [0.15, 0.2) is 0 Å². The molecule has 86 valence electrons. The summed E-state index contributed by atoms with van der Waals surface area (Å²) in [6.45, 7) is 3.07. The monoisotopic (exact) mass is 214 g/mol. The van der Waals surface area contributed by atoms with E-state index in [4.69, 9.17) is 5.11 Å². The molecule has 0 saturated heterocycles. The molecule has 1 saturated carbocycles. The van der Waals surface area contributed by atoms with Gasteiger partial charge < -0.3 is 15.7 Å². The predicted octanol–water partition coefficient (Wildman–Crippen LogP) is -0.0346. The van der Waals surface area contributed by atoms with Gasteiger partial charge in [-0.25, -0.2) is 0 Å². The second-order valence-electron chi connectivity index (χ2n) is 3.79. The van der Waals surface area contributed by atoms with Crippen LogP contribution in [-0.4, -0.2) is 36.1 Å². The number of aliphatic carboxylic acids is 1. The molecule has 3 N–H and O–H groups in total. The topological polar surface area (TPSA) is 78.4 Å². The number of carboxylic acids is 1. The fourth-order valence-electron chi connectivity index (χ4n) is 1.70. The first-order valence-electron chi connectivity index (χ1n) is 5.38. The van der Waals surface area contributed by atoms with Gasteiger partial charge in [0.1, 0.15) is 0 Å². The van der Waals surface area contributed by atoms with Crippen LogP contribution in [0.25, 0.3) is 0 Å². The van der Waals surface area contributed by atoms with Crippen LogP contribution in [0.15, 0.2) is 0 Å². The summed E-state index contributed by atoms with van der Waals surface area (Å²) in [5.41, 5.74) is 0. The van der Waals surface area contributed by atoms with Crippen LogP contribution < -0.4 is 10.6 Å². The van der Waals surface area contributed by atoms with Crippen molar-refractivity contribution in [3.05, 3.63) is 0 Å². The van der Waals surface area contributed by atoms with Gasteiger partial charge in [-0.3, -0.25) is 9.59 Å². The fourth-order valence-corrected chi connectivity index (χ4v) is 1.70. The molecule has 5 heteroatoms. The molecule has 1 rings (SSSR count). The van der Waals surface area contributed by atoms with Crippen LogP contribution in [0.3, 0.4) is 0 Å². The average molecular weight is 214 g/mol. The Labute approximate surface area is 89.2 Å². The molecular weight excluding hydrogens is 196 g/mol. The third kappa shape index (κ3) is 3.51. The molecule has 2 atom stereocenters. The Balaban J connectivity index is 2.10. The minimum Gasteiger partial charge on any atom is -0.481 e. The van der Waals surface area contributed by atoms with Gasteiger partial charge in [0.2, 0.25) is 5.91 Å². The van der Waals surface area contributed by atoms with Crippen molar-refractivity contribution in [2.24, 2.45) is 5.92 Å². The zero-order valence-corrected chi connectivity index (χ0v) is 8.95. The summed E-state index contributed by atoms with van der Waals surface area (Å²) in [5, 5.41) is 14.6. The molecule has 0 heterocycles. The Morgan fingerprint density at radius 2 is 2.13 bits per heavy atom. The van der Waals surface area contributed by atoms with Crippen molar-refractivity contribution >= 4 is 11.9 Å². The van der Waals surface area contributed by atoms with Gasteiger partial charge in [-0.1, -0.05) is 0 Å². The van der Waals surface area contributed by atoms with Crippen LogP contribution in [0.5, 0.6) is 0 Å². The van der Waals surface area contributed by atoms with Crippen LogP contribution in [0.1, 0.15) is 26.2 Å². The minimum absolute atomic E-state index is 0.0104. The zero-order valence-electron chi connectivity index (χ0n) is 8.95. The van der Waals surface area contributed by atoms with Gasteiger partial charge in [0.05, 0.1) is 5.92 Å². The standard InChI is InChI=1S/C10H18N2O3/c1-2-11-9(13)5-6-12-8-4-3-7(8)10(14)15/h7-8,12H,2-6H2,1H3,(H,11,13)(H,14,15). The molecule has 0 aromatic rings. The fraction of sp³-hybridized carbons (Fsp3) is 0.800. The molecule has 5 nitrogen and oxygen atoms in total. The second kappa shape index (κ2) is 5.70. The molecular formula is C10H18N2O3. The van der Waals surface area contributed by atoms with Crippen LogP contribution >= 0.6 is 0 Å². The maximum absolute atomic E-state index is 11.1.